The van der Waals surface area contributed by atoms with Crippen LogP contribution >= 0.6 is 0 Å². The molecule has 3 nitrogen and oxygen atoms in total. The fourth-order valence-corrected chi connectivity index (χ4v) is 2.24. The quantitative estimate of drug-likeness (QED) is 0.639. The maximum Gasteiger partial charge on any atom is 0.0431 e. The van der Waals surface area contributed by atoms with Crippen molar-refractivity contribution in [1.82, 2.24) is 0 Å². The second kappa shape index (κ2) is 9.82. The smallest absolute Gasteiger partial charge is 0.0431 e. The fourth-order valence-electron chi connectivity index (χ4n) is 2.24. The average molecular weight is 264 g/mol. The van der Waals surface area contributed by atoms with Gasteiger partial charge in [0.05, 0.1) is 0 Å². The van der Waals surface area contributed by atoms with E-state index in [1.165, 1.54) is 24.1 Å². The Bertz CT molecular complexity index is 341. The fraction of sp³-hybridized carbons (Fsp3) is 0.625. The van der Waals surface area contributed by atoms with Crippen LogP contribution in [0.25, 0.3) is 0 Å². The highest BCUT2D eigenvalue weighted by molar-refractivity contribution is 5.48. The molecule has 0 aliphatic rings. The molecule has 3 N–H and O–H groups in total. The standard InChI is InChI=1S/C16H28N2O/c1-15-8-6-9-16(14-15)18(12-7-10-17)11-4-2-3-5-13-19/h6,8-9,14,19H,2-5,7,10-13,17H2,1H3. The van der Waals surface area contributed by atoms with Crippen LogP contribution in [0.5, 0.6) is 0 Å². The van der Waals surface area contributed by atoms with Crippen LogP contribution in [0.4, 0.5) is 5.69 Å². The van der Waals surface area contributed by atoms with Crippen molar-refractivity contribution in [2.75, 3.05) is 31.1 Å². The van der Waals surface area contributed by atoms with Crippen LogP contribution in [0.3, 0.4) is 0 Å². The first-order valence-electron chi connectivity index (χ1n) is 7.40. The van der Waals surface area contributed by atoms with Crippen molar-refractivity contribution >= 4 is 5.69 Å². The summed E-state index contributed by atoms with van der Waals surface area (Å²) in [4.78, 5) is 2.43. The van der Waals surface area contributed by atoms with E-state index < -0.39 is 0 Å². The molecular formula is C16H28N2O. The first kappa shape index (κ1) is 16.0. The summed E-state index contributed by atoms with van der Waals surface area (Å²) in [5, 5.41) is 8.78. The molecular weight excluding hydrogens is 236 g/mol. The van der Waals surface area contributed by atoms with E-state index in [4.69, 9.17) is 10.8 Å². The molecule has 0 atom stereocenters. The zero-order valence-electron chi connectivity index (χ0n) is 12.1. The summed E-state index contributed by atoms with van der Waals surface area (Å²) in [6.45, 7) is 5.29. The lowest BCUT2D eigenvalue weighted by atomic mass is 10.1. The summed E-state index contributed by atoms with van der Waals surface area (Å²) in [5.41, 5.74) is 8.23. The molecule has 0 saturated carbocycles. The molecule has 3 heteroatoms. The van der Waals surface area contributed by atoms with Crippen LogP contribution in [0.2, 0.25) is 0 Å². The lowest BCUT2D eigenvalue weighted by Crippen LogP contribution is -2.27. The third-order valence-electron chi connectivity index (χ3n) is 3.34. The van der Waals surface area contributed by atoms with Gasteiger partial charge in [0.2, 0.25) is 0 Å². The van der Waals surface area contributed by atoms with Crippen molar-refractivity contribution in [3.05, 3.63) is 29.8 Å². The van der Waals surface area contributed by atoms with Gasteiger partial charge in [0, 0.05) is 25.4 Å². The minimum Gasteiger partial charge on any atom is -0.396 e. The van der Waals surface area contributed by atoms with E-state index in [1.807, 2.05) is 0 Å². The van der Waals surface area contributed by atoms with Crippen LogP contribution in [-0.4, -0.2) is 31.3 Å². The minimum absolute atomic E-state index is 0.314. The Kier molecular flexibility index (Phi) is 8.26. The van der Waals surface area contributed by atoms with Gasteiger partial charge in [0.25, 0.3) is 0 Å². The number of rotatable bonds is 10. The number of benzene rings is 1. The topological polar surface area (TPSA) is 49.5 Å². The molecule has 0 heterocycles. The van der Waals surface area contributed by atoms with Crippen LogP contribution in [0.15, 0.2) is 24.3 Å². The molecule has 1 rings (SSSR count). The van der Waals surface area contributed by atoms with Crippen molar-refractivity contribution in [3.8, 4) is 0 Å². The molecule has 0 spiro atoms. The van der Waals surface area contributed by atoms with Gasteiger partial charge < -0.3 is 15.7 Å². The molecule has 1 aromatic rings. The molecule has 0 saturated heterocycles. The second-order valence-electron chi connectivity index (χ2n) is 5.11. The SMILES string of the molecule is Cc1cccc(N(CCCN)CCCCCCO)c1. The lowest BCUT2D eigenvalue weighted by Gasteiger charge is -2.25. The third-order valence-corrected chi connectivity index (χ3v) is 3.34. The molecule has 0 aliphatic heterocycles. The Morgan fingerprint density at radius 1 is 1.05 bits per heavy atom. The van der Waals surface area contributed by atoms with Crippen LogP contribution in [0.1, 0.15) is 37.7 Å². The van der Waals surface area contributed by atoms with Gasteiger partial charge in [0.15, 0.2) is 0 Å². The van der Waals surface area contributed by atoms with Gasteiger partial charge in [0.1, 0.15) is 0 Å². The first-order chi connectivity index (χ1) is 9.27. The highest BCUT2D eigenvalue weighted by Gasteiger charge is 2.05. The molecule has 0 radical (unpaired) electrons. The second-order valence-corrected chi connectivity index (χ2v) is 5.11. The van der Waals surface area contributed by atoms with Gasteiger partial charge in [-0.1, -0.05) is 25.0 Å². The Hall–Kier alpha value is -1.06. The van der Waals surface area contributed by atoms with E-state index >= 15 is 0 Å². The number of aliphatic hydroxyl groups is 1. The number of nitrogens with two attached hydrogens (primary N) is 1. The molecule has 19 heavy (non-hydrogen) atoms. The molecule has 0 unspecified atom stereocenters. The largest absolute Gasteiger partial charge is 0.396 e. The lowest BCUT2D eigenvalue weighted by molar-refractivity contribution is 0.282. The first-order valence-corrected chi connectivity index (χ1v) is 7.40. The monoisotopic (exact) mass is 264 g/mol. The van der Waals surface area contributed by atoms with E-state index in [9.17, 15) is 0 Å². The van der Waals surface area contributed by atoms with Gasteiger partial charge in [-0.25, -0.2) is 0 Å². The van der Waals surface area contributed by atoms with Crippen molar-refractivity contribution in [3.63, 3.8) is 0 Å². The summed E-state index contributed by atoms with van der Waals surface area (Å²) in [5.74, 6) is 0. The summed E-state index contributed by atoms with van der Waals surface area (Å²) >= 11 is 0. The van der Waals surface area contributed by atoms with Crippen molar-refractivity contribution in [2.24, 2.45) is 5.73 Å². The van der Waals surface area contributed by atoms with Gasteiger partial charge in [-0.05, 0) is 50.4 Å². The molecule has 108 valence electrons. The van der Waals surface area contributed by atoms with E-state index in [2.05, 4.69) is 36.1 Å². The number of unbranched alkanes of at least 4 members (excludes halogenated alkanes) is 3. The number of aryl methyl sites for hydroxylation is 1. The van der Waals surface area contributed by atoms with E-state index in [0.29, 0.717) is 6.61 Å². The third kappa shape index (κ3) is 6.60. The molecule has 0 aromatic heterocycles. The number of hydrogen-bond acceptors (Lipinski definition) is 3. The van der Waals surface area contributed by atoms with Crippen LogP contribution < -0.4 is 10.6 Å². The number of aliphatic hydroxyl groups excluding tert-OH is 1. The highest BCUT2D eigenvalue weighted by atomic mass is 16.2. The highest BCUT2D eigenvalue weighted by Crippen LogP contribution is 2.17. The maximum atomic E-state index is 8.78. The zero-order valence-corrected chi connectivity index (χ0v) is 12.1. The Morgan fingerprint density at radius 3 is 2.47 bits per heavy atom. The average Bonchev–Trinajstić information content (AvgIpc) is 2.42. The summed E-state index contributed by atoms with van der Waals surface area (Å²) < 4.78 is 0. The number of nitrogens with zero attached hydrogens (tertiary/aromatic N) is 1. The Balaban J connectivity index is 2.47. The molecule has 0 aliphatic carbocycles. The van der Waals surface area contributed by atoms with Crippen LogP contribution in [0, 0.1) is 6.92 Å². The predicted molar refractivity (Wildman–Crippen MR) is 82.6 cm³/mol. The zero-order chi connectivity index (χ0) is 13.9. The van der Waals surface area contributed by atoms with Crippen molar-refractivity contribution < 1.29 is 5.11 Å². The number of hydrogen-bond donors (Lipinski definition) is 2. The maximum absolute atomic E-state index is 8.78. The van der Waals surface area contributed by atoms with Crippen molar-refractivity contribution in [2.45, 2.75) is 39.0 Å². The predicted octanol–water partition coefficient (Wildman–Crippen LogP) is 2.70. The van der Waals surface area contributed by atoms with Gasteiger partial charge in [-0.3, -0.25) is 0 Å². The van der Waals surface area contributed by atoms with Gasteiger partial charge >= 0.3 is 0 Å². The summed E-state index contributed by atoms with van der Waals surface area (Å²) in [7, 11) is 0. The van der Waals surface area contributed by atoms with Gasteiger partial charge in [-0.2, -0.15) is 0 Å². The normalized spacial score (nSPS) is 10.7. The molecule has 0 bridgehead atoms. The van der Waals surface area contributed by atoms with Crippen molar-refractivity contribution in [1.29, 1.82) is 0 Å². The summed E-state index contributed by atoms with van der Waals surface area (Å²) in [6, 6.07) is 8.67. The molecule has 1 aromatic carbocycles. The number of anilines is 1. The van der Waals surface area contributed by atoms with E-state index in [1.54, 1.807) is 0 Å². The molecule has 0 amide bonds. The van der Waals surface area contributed by atoms with E-state index in [-0.39, 0.29) is 0 Å². The summed E-state index contributed by atoms with van der Waals surface area (Å²) in [6.07, 6.45) is 5.44. The Morgan fingerprint density at radius 2 is 1.79 bits per heavy atom. The van der Waals surface area contributed by atoms with Crippen LogP contribution in [-0.2, 0) is 0 Å². The minimum atomic E-state index is 0.314. The van der Waals surface area contributed by atoms with E-state index in [0.717, 1.165) is 38.9 Å². The molecule has 0 fully saturated rings. The Labute approximate surface area is 117 Å². The van der Waals surface area contributed by atoms with Gasteiger partial charge in [-0.15, -0.1) is 0 Å².